The summed E-state index contributed by atoms with van der Waals surface area (Å²) in [6.45, 7) is 0. The molecule has 0 aliphatic carbocycles. The highest BCUT2D eigenvalue weighted by molar-refractivity contribution is 6.10. The van der Waals surface area contributed by atoms with Gasteiger partial charge in [-0.25, -0.2) is 4.39 Å². The summed E-state index contributed by atoms with van der Waals surface area (Å²) in [6, 6.07) is 16.8. The molecule has 1 amide bonds. The van der Waals surface area contributed by atoms with E-state index < -0.39 is 5.82 Å². The molecule has 110 valence electrons. The molecule has 0 aromatic heterocycles. The summed E-state index contributed by atoms with van der Waals surface area (Å²) in [5, 5.41) is 4.59. The number of amides is 1. The molecule has 3 nitrogen and oxygen atoms in total. The molecule has 1 N–H and O–H groups in total. The van der Waals surface area contributed by atoms with Gasteiger partial charge in [0.2, 0.25) is 0 Å². The lowest BCUT2D eigenvalue weighted by atomic mass is 10.1. The van der Waals surface area contributed by atoms with E-state index in [1.54, 1.807) is 25.3 Å². The lowest BCUT2D eigenvalue weighted by Gasteiger charge is -2.11. The van der Waals surface area contributed by atoms with Gasteiger partial charge in [0.1, 0.15) is 11.6 Å². The Morgan fingerprint density at radius 2 is 1.77 bits per heavy atom. The molecule has 3 aromatic rings. The van der Waals surface area contributed by atoms with Crippen molar-refractivity contribution < 1.29 is 13.9 Å². The first-order valence-electron chi connectivity index (χ1n) is 6.81. The van der Waals surface area contributed by atoms with Crippen LogP contribution in [0.2, 0.25) is 0 Å². The third kappa shape index (κ3) is 2.63. The van der Waals surface area contributed by atoms with Crippen LogP contribution < -0.4 is 10.1 Å². The number of ether oxygens (including phenoxy) is 1. The van der Waals surface area contributed by atoms with Crippen molar-refractivity contribution in [3.8, 4) is 5.75 Å². The maximum absolute atomic E-state index is 13.2. The van der Waals surface area contributed by atoms with Crippen LogP contribution in [0.3, 0.4) is 0 Å². The van der Waals surface area contributed by atoms with Crippen LogP contribution in [0, 0.1) is 5.82 Å². The van der Waals surface area contributed by atoms with Crippen molar-refractivity contribution in [2.45, 2.75) is 0 Å². The summed E-state index contributed by atoms with van der Waals surface area (Å²) in [4.78, 5) is 12.3. The molecule has 0 spiro atoms. The van der Waals surface area contributed by atoms with Crippen LogP contribution in [-0.4, -0.2) is 13.0 Å². The quantitative estimate of drug-likeness (QED) is 0.785. The molecule has 0 saturated carbocycles. The zero-order valence-corrected chi connectivity index (χ0v) is 12.0. The monoisotopic (exact) mass is 295 g/mol. The Balaban J connectivity index is 1.99. The van der Waals surface area contributed by atoms with Gasteiger partial charge in [-0.3, -0.25) is 4.79 Å². The van der Waals surface area contributed by atoms with Gasteiger partial charge in [0.25, 0.3) is 5.91 Å². The van der Waals surface area contributed by atoms with Crippen molar-refractivity contribution in [1.82, 2.24) is 0 Å². The smallest absolute Gasteiger partial charge is 0.255 e. The summed E-state index contributed by atoms with van der Waals surface area (Å²) < 4.78 is 18.5. The second kappa shape index (κ2) is 5.85. The molecule has 0 saturated heterocycles. The second-order valence-corrected chi connectivity index (χ2v) is 4.83. The zero-order chi connectivity index (χ0) is 15.5. The highest BCUT2D eigenvalue weighted by Gasteiger charge is 2.11. The van der Waals surface area contributed by atoms with Crippen molar-refractivity contribution >= 4 is 22.4 Å². The summed E-state index contributed by atoms with van der Waals surface area (Å²) in [7, 11) is 1.60. The molecule has 0 aliphatic heterocycles. The second-order valence-electron chi connectivity index (χ2n) is 4.83. The van der Waals surface area contributed by atoms with Gasteiger partial charge in [-0.15, -0.1) is 0 Å². The van der Waals surface area contributed by atoms with Gasteiger partial charge in [0, 0.05) is 22.0 Å². The molecule has 0 bridgehead atoms. The normalized spacial score (nSPS) is 10.5. The van der Waals surface area contributed by atoms with Crippen LogP contribution in [0.4, 0.5) is 10.1 Å². The Labute approximate surface area is 127 Å². The molecule has 4 heteroatoms. The number of halogens is 1. The predicted octanol–water partition coefficient (Wildman–Crippen LogP) is 4.24. The minimum atomic E-state index is -0.438. The Kier molecular flexibility index (Phi) is 3.74. The largest absolute Gasteiger partial charge is 0.496 e. The molecule has 0 radical (unpaired) electrons. The van der Waals surface area contributed by atoms with E-state index in [2.05, 4.69) is 5.32 Å². The Bertz CT molecular complexity index is 845. The predicted molar refractivity (Wildman–Crippen MR) is 84.9 cm³/mol. The first-order valence-corrected chi connectivity index (χ1v) is 6.81. The molecule has 0 unspecified atom stereocenters. The summed E-state index contributed by atoms with van der Waals surface area (Å²) in [5.74, 6) is -0.0542. The third-order valence-electron chi connectivity index (χ3n) is 3.44. The average molecular weight is 295 g/mol. The Hall–Kier alpha value is -2.88. The number of methoxy groups -OCH3 is 1. The molecule has 22 heavy (non-hydrogen) atoms. The number of anilines is 1. The maximum Gasteiger partial charge on any atom is 0.255 e. The summed E-state index contributed by atoms with van der Waals surface area (Å²) in [5.41, 5.74) is 0.936. The van der Waals surface area contributed by atoms with Gasteiger partial charge in [-0.1, -0.05) is 30.3 Å². The highest BCUT2D eigenvalue weighted by Crippen LogP contribution is 2.31. The molecule has 3 rings (SSSR count). The first kappa shape index (κ1) is 14.1. The van der Waals surface area contributed by atoms with E-state index >= 15 is 0 Å². The van der Waals surface area contributed by atoms with Gasteiger partial charge in [-0.2, -0.15) is 0 Å². The van der Waals surface area contributed by atoms with E-state index in [0.717, 1.165) is 16.5 Å². The number of rotatable bonds is 3. The molecule has 0 fully saturated rings. The minimum Gasteiger partial charge on any atom is -0.496 e. The van der Waals surface area contributed by atoms with Crippen molar-refractivity contribution in [1.29, 1.82) is 0 Å². The van der Waals surface area contributed by atoms with Gasteiger partial charge < -0.3 is 10.1 Å². The van der Waals surface area contributed by atoms with Crippen molar-refractivity contribution in [3.05, 3.63) is 72.0 Å². The molecular formula is C18H14FNO2. The number of benzene rings is 3. The fraction of sp³-hybridized carbons (Fsp3) is 0.0556. The van der Waals surface area contributed by atoms with E-state index in [-0.39, 0.29) is 11.5 Å². The molecule has 0 aliphatic rings. The number of carbonyl (C=O) groups excluding carboxylic acids is 1. The van der Waals surface area contributed by atoms with Gasteiger partial charge >= 0.3 is 0 Å². The lowest BCUT2D eigenvalue weighted by Crippen LogP contribution is -2.12. The molecule has 0 heterocycles. The van der Waals surface area contributed by atoms with E-state index in [1.165, 1.54) is 18.2 Å². The number of hydrogen-bond acceptors (Lipinski definition) is 2. The average Bonchev–Trinajstić information content (AvgIpc) is 2.55. The number of fused-ring (bicyclic) bond motifs is 1. The van der Waals surface area contributed by atoms with Gasteiger partial charge in [0.05, 0.1) is 7.11 Å². The lowest BCUT2D eigenvalue weighted by molar-refractivity contribution is 0.102. The minimum absolute atomic E-state index is 0.278. The van der Waals surface area contributed by atoms with E-state index in [9.17, 15) is 9.18 Å². The highest BCUT2D eigenvalue weighted by atomic mass is 19.1. The van der Waals surface area contributed by atoms with E-state index in [1.807, 2.05) is 24.3 Å². The molecule has 3 aromatic carbocycles. The summed E-state index contributed by atoms with van der Waals surface area (Å²) in [6.07, 6.45) is 0. The number of nitrogens with one attached hydrogen (secondary N) is 1. The van der Waals surface area contributed by atoms with E-state index in [0.29, 0.717) is 5.69 Å². The molecule has 0 atom stereocenters. The zero-order valence-electron chi connectivity index (χ0n) is 12.0. The van der Waals surface area contributed by atoms with Crippen LogP contribution in [0.1, 0.15) is 10.4 Å². The maximum atomic E-state index is 13.2. The Morgan fingerprint density at radius 3 is 2.50 bits per heavy atom. The fourth-order valence-corrected chi connectivity index (χ4v) is 2.38. The van der Waals surface area contributed by atoms with Crippen LogP contribution in [0.5, 0.6) is 5.75 Å². The SMILES string of the molecule is COc1ccc(NC(=O)c2cccc(F)c2)c2ccccc12. The van der Waals surface area contributed by atoms with Crippen LogP contribution >= 0.6 is 0 Å². The number of carbonyl (C=O) groups is 1. The summed E-state index contributed by atoms with van der Waals surface area (Å²) >= 11 is 0. The van der Waals surface area contributed by atoms with Gasteiger partial charge in [0.15, 0.2) is 0 Å². The van der Waals surface area contributed by atoms with Crippen molar-refractivity contribution in [2.24, 2.45) is 0 Å². The number of hydrogen-bond donors (Lipinski definition) is 1. The van der Waals surface area contributed by atoms with Crippen molar-refractivity contribution in [2.75, 3.05) is 12.4 Å². The van der Waals surface area contributed by atoms with E-state index in [4.69, 9.17) is 4.74 Å². The Morgan fingerprint density at radius 1 is 1.00 bits per heavy atom. The standard InChI is InChI=1S/C18H14FNO2/c1-22-17-10-9-16(14-7-2-3-8-15(14)17)20-18(21)12-5-4-6-13(19)11-12/h2-11H,1H3,(H,20,21). The fourth-order valence-electron chi connectivity index (χ4n) is 2.38. The van der Waals surface area contributed by atoms with Crippen LogP contribution in [-0.2, 0) is 0 Å². The first-order chi connectivity index (χ1) is 10.7. The van der Waals surface area contributed by atoms with Crippen LogP contribution in [0.15, 0.2) is 60.7 Å². The van der Waals surface area contributed by atoms with Gasteiger partial charge in [-0.05, 0) is 30.3 Å². The molecular weight excluding hydrogens is 281 g/mol. The third-order valence-corrected chi connectivity index (χ3v) is 3.44. The topological polar surface area (TPSA) is 38.3 Å². The van der Waals surface area contributed by atoms with Crippen LogP contribution in [0.25, 0.3) is 10.8 Å². The van der Waals surface area contributed by atoms with Crippen molar-refractivity contribution in [3.63, 3.8) is 0 Å².